The van der Waals surface area contributed by atoms with E-state index in [1.54, 1.807) is 6.33 Å². The molecule has 2 N–H and O–H groups in total. The Labute approximate surface area is 124 Å². The van der Waals surface area contributed by atoms with Gasteiger partial charge in [0.15, 0.2) is 11.8 Å². The molecule has 0 bridgehead atoms. The van der Waals surface area contributed by atoms with Gasteiger partial charge >= 0.3 is 0 Å². The standard InChI is InChI=1S/C15H20N6/c16-15(20-9-5-2-6-10-20)17-11-14-19-18-12-21(14)13-7-3-1-4-8-13/h1,3-4,7-8,12H,2,5-6,9-11H2,(H2,16,17). The highest BCUT2D eigenvalue weighted by atomic mass is 15.3. The molecule has 0 radical (unpaired) electrons. The second-order valence-corrected chi connectivity index (χ2v) is 5.17. The first-order chi connectivity index (χ1) is 10.3. The van der Waals surface area contributed by atoms with Crippen molar-refractivity contribution in [3.05, 3.63) is 42.5 Å². The minimum atomic E-state index is 0.442. The molecule has 6 nitrogen and oxygen atoms in total. The van der Waals surface area contributed by atoms with Gasteiger partial charge < -0.3 is 10.6 Å². The van der Waals surface area contributed by atoms with Crippen molar-refractivity contribution in [1.29, 1.82) is 0 Å². The molecular weight excluding hydrogens is 264 g/mol. The van der Waals surface area contributed by atoms with Crippen molar-refractivity contribution in [3.63, 3.8) is 0 Å². The van der Waals surface area contributed by atoms with Crippen molar-refractivity contribution in [2.24, 2.45) is 10.7 Å². The molecule has 3 rings (SSSR count). The quantitative estimate of drug-likeness (QED) is 0.686. The molecule has 1 saturated heterocycles. The fourth-order valence-electron chi connectivity index (χ4n) is 2.55. The van der Waals surface area contributed by atoms with Crippen LogP contribution in [0.1, 0.15) is 25.1 Å². The summed E-state index contributed by atoms with van der Waals surface area (Å²) in [4.78, 5) is 6.62. The zero-order valence-electron chi connectivity index (χ0n) is 12.0. The molecule has 0 amide bonds. The van der Waals surface area contributed by atoms with Gasteiger partial charge in [0.2, 0.25) is 0 Å². The van der Waals surface area contributed by atoms with Gasteiger partial charge in [-0.3, -0.25) is 4.57 Å². The van der Waals surface area contributed by atoms with Crippen molar-refractivity contribution < 1.29 is 0 Å². The maximum absolute atomic E-state index is 6.07. The van der Waals surface area contributed by atoms with Crippen LogP contribution in [-0.4, -0.2) is 38.7 Å². The Kier molecular flexibility index (Phi) is 4.14. The van der Waals surface area contributed by atoms with E-state index in [1.165, 1.54) is 19.3 Å². The molecule has 0 saturated carbocycles. The van der Waals surface area contributed by atoms with Gasteiger partial charge in [0.1, 0.15) is 12.9 Å². The average molecular weight is 284 g/mol. The SMILES string of the molecule is NC(=NCc1nncn1-c1ccccc1)N1CCCCC1. The predicted octanol–water partition coefficient (Wildman–Crippen LogP) is 1.57. The van der Waals surface area contributed by atoms with E-state index < -0.39 is 0 Å². The summed E-state index contributed by atoms with van der Waals surface area (Å²) in [6.45, 7) is 2.44. The first-order valence-electron chi connectivity index (χ1n) is 7.34. The third kappa shape index (κ3) is 3.21. The van der Waals surface area contributed by atoms with Crippen LogP contribution >= 0.6 is 0 Å². The number of para-hydroxylation sites is 1. The van der Waals surface area contributed by atoms with E-state index in [4.69, 9.17) is 5.73 Å². The summed E-state index contributed by atoms with van der Waals surface area (Å²) in [6.07, 6.45) is 5.37. The summed E-state index contributed by atoms with van der Waals surface area (Å²) in [5, 5.41) is 8.12. The lowest BCUT2D eigenvalue weighted by molar-refractivity contribution is 0.338. The summed E-state index contributed by atoms with van der Waals surface area (Å²) in [6, 6.07) is 10.0. The molecule has 0 aliphatic carbocycles. The number of likely N-dealkylation sites (tertiary alicyclic amines) is 1. The van der Waals surface area contributed by atoms with Gasteiger partial charge in [-0.05, 0) is 31.4 Å². The normalized spacial score (nSPS) is 16.2. The van der Waals surface area contributed by atoms with Crippen molar-refractivity contribution >= 4 is 5.96 Å². The minimum Gasteiger partial charge on any atom is -0.370 e. The molecule has 2 aromatic rings. The van der Waals surface area contributed by atoms with Crippen LogP contribution in [0.15, 0.2) is 41.7 Å². The van der Waals surface area contributed by atoms with Crippen LogP contribution in [-0.2, 0) is 6.54 Å². The molecule has 110 valence electrons. The second-order valence-electron chi connectivity index (χ2n) is 5.17. The van der Waals surface area contributed by atoms with Gasteiger partial charge in [-0.1, -0.05) is 18.2 Å². The molecule has 0 unspecified atom stereocenters. The van der Waals surface area contributed by atoms with E-state index in [0.717, 1.165) is 24.6 Å². The number of rotatable bonds is 3. The van der Waals surface area contributed by atoms with E-state index >= 15 is 0 Å². The number of aromatic nitrogens is 3. The monoisotopic (exact) mass is 284 g/mol. The number of nitrogens with zero attached hydrogens (tertiary/aromatic N) is 5. The zero-order chi connectivity index (χ0) is 14.5. The van der Waals surface area contributed by atoms with Gasteiger partial charge in [0, 0.05) is 18.8 Å². The zero-order valence-corrected chi connectivity index (χ0v) is 12.0. The Bertz CT molecular complexity index is 598. The molecule has 21 heavy (non-hydrogen) atoms. The highest BCUT2D eigenvalue weighted by Gasteiger charge is 2.12. The third-order valence-corrected chi connectivity index (χ3v) is 3.72. The van der Waals surface area contributed by atoms with Gasteiger partial charge in [-0.15, -0.1) is 10.2 Å². The first kappa shape index (κ1) is 13.6. The number of aliphatic imine (C=N–C) groups is 1. The molecule has 2 heterocycles. The summed E-state index contributed by atoms with van der Waals surface area (Å²) in [5.41, 5.74) is 7.10. The van der Waals surface area contributed by atoms with E-state index in [-0.39, 0.29) is 0 Å². The topological polar surface area (TPSA) is 72.3 Å². The number of nitrogens with two attached hydrogens (primary N) is 1. The first-order valence-corrected chi connectivity index (χ1v) is 7.34. The molecule has 0 spiro atoms. The molecule has 1 fully saturated rings. The number of piperidine rings is 1. The van der Waals surface area contributed by atoms with E-state index in [2.05, 4.69) is 20.1 Å². The maximum atomic E-state index is 6.07. The molecule has 6 heteroatoms. The molecule has 1 aliphatic heterocycles. The van der Waals surface area contributed by atoms with Crippen molar-refractivity contribution in [3.8, 4) is 5.69 Å². The summed E-state index contributed by atoms with van der Waals surface area (Å²) >= 11 is 0. The Morgan fingerprint density at radius 2 is 1.90 bits per heavy atom. The van der Waals surface area contributed by atoms with E-state index in [1.807, 2.05) is 34.9 Å². The van der Waals surface area contributed by atoms with Crippen molar-refractivity contribution in [2.45, 2.75) is 25.8 Å². The Hall–Kier alpha value is -2.37. The number of benzene rings is 1. The molecular formula is C15H20N6. The molecule has 1 aromatic heterocycles. The number of guanidine groups is 1. The minimum absolute atomic E-state index is 0.442. The van der Waals surface area contributed by atoms with Crippen LogP contribution in [0.2, 0.25) is 0 Å². The van der Waals surface area contributed by atoms with Crippen LogP contribution < -0.4 is 5.73 Å². The average Bonchev–Trinajstić information content (AvgIpc) is 3.03. The highest BCUT2D eigenvalue weighted by Crippen LogP contribution is 2.11. The van der Waals surface area contributed by atoms with Crippen molar-refractivity contribution in [1.82, 2.24) is 19.7 Å². The smallest absolute Gasteiger partial charge is 0.191 e. The fourth-order valence-corrected chi connectivity index (χ4v) is 2.55. The van der Waals surface area contributed by atoms with Crippen LogP contribution in [0, 0.1) is 0 Å². The maximum Gasteiger partial charge on any atom is 0.191 e. The third-order valence-electron chi connectivity index (χ3n) is 3.72. The number of hydrogen-bond acceptors (Lipinski definition) is 3. The van der Waals surface area contributed by atoms with Crippen molar-refractivity contribution in [2.75, 3.05) is 13.1 Å². The van der Waals surface area contributed by atoms with Gasteiger partial charge in [0.25, 0.3) is 0 Å². The van der Waals surface area contributed by atoms with Crippen LogP contribution in [0.4, 0.5) is 0 Å². The van der Waals surface area contributed by atoms with Gasteiger partial charge in [0.05, 0.1) is 0 Å². The van der Waals surface area contributed by atoms with Gasteiger partial charge in [-0.2, -0.15) is 0 Å². The largest absolute Gasteiger partial charge is 0.370 e. The summed E-state index contributed by atoms with van der Waals surface area (Å²) in [5.74, 6) is 1.40. The van der Waals surface area contributed by atoms with Crippen LogP contribution in [0.25, 0.3) is 5.69 Å². The van der Waals surface area contributed by atoms with Crippen LogP contribution in [0.5, 0.6) is 0 Å². The Morgan fingerprint density at radius 3 is 2.67 bits per heavy atom. The molecule has 1 aromatic carbocycles. The summed E-state index contributed by atoms with van der Waals surface area (Å²) < 4.78 is 1.94. The predicted molar refractivity (Wildman–Crippen MR) is 82.1 cm³/mol. The molecule has 0 atom stereocenters. The lowest BCUT2D eigenvalue weighted by Gasteiger charge is -2.27. The fraction of sp³-hybridized carbons (Fsp3) is 0.400. The Balaban J connectivity index is 1.72. The van der Waals surface area contributed by atoms with Crippen LogP contribution in [0.3, 0.4) is 0 Å². The van der Waals surface area contributed by atoms with Gasteiger partial charge in [-0.25, -0.2) is 4.99 Å². The number of hydrogen-bond donors (Lipinski definition) is 1. The summed E-state index contributed by atoms with van der Waals surface area (Å²) in [7, 11) is 0. The second kappa shape index (κ2) is 6.39. The van der Waals surface area contributed by atoms with E-state index in [0.29, 0.717) is 12.5 Å². The Morgan fingerprint density at radius 1 is 1.14 bits per heavy atom. The lowest BCUT2D eigenvalue weighted by atomic mass is 10.1. The van der Waals surface area contributed by atoms with E-state index in [9.17, 15) is 0 Å². The molecule has 1 aliphatic rings. The lowest BCUT2D eigenvalue weighted by Crippen LogP contribution is -2.40. The highest BCUT2D eigenvalue weighted by molar-refractivity contribution is 5.78.